The van der Waals surface area contributed by atoms with E-state index in [0.717, 1.165) is 23.4 Å². The molecule has 16 heavy (non-hydrogen) atoms. The first-order valence-electron chi connectivity index (χ1n) is 5.76. The second-order valence-corrected chi connectivity index (χ2v) is 6.42. The lowest BCUT2D eigenvalue weighted by Gasteiger charge is -2.29. The summed E-state index contributed by atoms with van der Waals surface area (Å²) in [6.45, 7) is 8.79. The molecule has 0 amide bonds. The molecular formula is C14H22ClN. The van der Waals surface area contributed by atoms with Crippen LogP contribution in [-0.2, 0) is 5.54 Å². The second kappa shape index (κ2) is 4.77. The summed E-state index contributed by atoms with van der Waals surface area (Å²) in [6.07, 6.45) is 2.07. The molecule has 1 rings (SSSR count). The molecule has 0 saturated carbocycles. The van der Waals surface area contributed by atoms with Gasteiger partial charge in [-0.15, -0.1) is 0 Å². The van der Waals surface area contributed by atoms with Crippen molar-refractivity contribution in [2.75, 3.05) is 0 Å². The van der Waals surface area contributed by atoms with E-state index in [-0.39, 0.29) is 5.54 Å². The van der Waals surface area contributed by atoms with E-state index in [1.54, 1.807) is 0 Å². The lowest BCUT2D eigenvalue weighted by atomic mass is 9.81. The van der Waals surface area contributed by atoms with Crippen LogP contribution in [0.1, 0.15) is 46.1 Å². The molecule has 0 saturated heterocycles. The van der Waals surface area contributed by atoms with Crippen LogP contribution in [0.5, 0.6) is 0 Å². The normalized spacial score (nSPS) is 15.9. The van der Waals surface area contributed by atoms with Crippen molar-refractivity contribution in [1.82, 2.24) is 0 Å². The zero-order valence-electron chi connectivity index (χ0n) is 10.7. The van der Waals surface area contributed by atoms with Crippen molar-refractivity contribution in [2.45, 2.75) is 46.1 Å². The maximum absolute atomic E-state index is 6.36. The molecule has 0 aliphatic rings. The van der Waals surface area contributed by atoms with Gasteiger partial charge < -0.3 is 5.73 Å². The van der Waals surface area contributed by atoms with Gasteiger partial charge in [-0.2, -0.15) is 0 Å². The van der Waals surface area contributed by atoms with Gasteiger partial charge in [0.1, 0.15) is 0 Å². The summed E-state index contributed by atoms with van der Waals surface area (Å²) < 4.78 is 0. The summed E-state index contributed by atoms with van der Waals surface area (Å²) in [7, 11) is 0. The fourth-order valence-electron chi connectivity index (χ4n) is 1.62. The Kier molecular flexibility index (Phi) is 4.03. The summed E-state index contributed by atoms with van der Waals surface area (Å²) in [6, 6.07) is 7.85. The highest BCUT2D eigenvalue weighted by molar-refractivity contribution is 6.30. The molecular weight excluding hydrogens is 218 g/mol. The third-order valence-electron chi connectivity index (χ3n) is 2.88. The molecule has 1 atom stereocenters. The molecule has 1 unspecified atom stereocenters. The van der Waals surface area contributed by atoms with Crippen LogP contribution in [0.4, 0.5) is 0 Å². The molecule has 0 aromatic heterocycles. The highest BCUT2D eigenvalue weighted by Crippen LogP contribution is 2.30. The third kappa shape index (κ3) is 4.15. The minimum absolute atomic E-state index is 0.293. The van der Waals surface area contributed by atoms with Gasteiger partial charge in [-0.25, -0.2) is 0 Å². The maximum atomic E-state index is 6.36. The van der Waals surface area contributed by atoms with E-state index >= 15 is 0 Å². The van der Waals surface area contributed by atoms with Crippen molar-refractivity contribution >= 4 is 11.6 Å². The molecule has 0 fully saturated rings. The van der Waals surface area contributed by atoms with Gasteiger partial charge in [0.2, 0.25) is 0 Å². The van der Waals surface area contributed by atoms with E-state index in [1.807, 2.05) is 18.2 Å². The lowest BCUT2D eigenvalue weighted by molar-refractivity contribution is 0.307. The van der Waals surface area contributed by atoms with E-state index in [4.69, 9.17) is 17.3 Å². The molecule has 2 heteroatoms. The van der Waals surface area contributed by atoms with Crippen molar-refractivity contribution in [3.63, 3.8) is 0 Å². The van der Waals surface area contributed by atoms with Gasteiger partial charge in [-0.1, -0.05) is 44.5 Å². The molecule has 90 valence electrons. The number of rotatable bonds is 3. The van der Waals surface area contributed by atoms with E-state index in [9.17, 15) is 0 Å². The first kappa shape index (κ1) is 13.5. The van der Waals surface area contributed by atoms with Gasteiger partial charge in [0.15, 0.2) is 0 Å². The SMILES string of the molecule is CC(C)(C)CCC(C)(N)c1cccc(Cl)c1. The minimum Gasteiger partial charge on any atom is -0.322 e. The molecule has 1 aromatic rings. The molecule has 0 bridgehead atoms. The second-order valence-electron chi connectivity index (χ2n) is 5.99. The molecule has 0 aliphatic carbocycles. The standard InChI is InChI=1S/C14H22ClN/c1-13(2,3)8-9-14(4,16)11-6-5-7-12(15)10-11/h5-7,10H,8-9,16H2,1-4H3. The minimum atomic E-state index is -0.293. The highest BCUT2D eigenvalue weighted by atomic mass is 35.5. The number of nitrogens with two attached hydrogens (primary N) is 1. The number of halogens is 1. The maximum Gasteiger partial charge on any atom is 0.0409 e. The van der Waals surface area contributed by atoms with Gasteiger partial charge in [0.05, 0.1) is 0 Å². The first-order valence-corrected chi connectivity index (χ1v) is 6.13. The number of hydrogen-bond donors (Lipinski definition) is 1. The summed E-state index contributed by atoms with van der Waals surface area (Å²) in [5, 5.41) is 0.755. The molecule has 2 N–H and O–H groups in total. The molecule has 0 spiro atoms. The van der Waals surface area contributed by atoms with Crippen LogP contribution < -0.4 is 5.73 Å². The Labute approximate surface area is 104 Å². The molecule has 0 aliphatic heterocycles. The molecule has 0 radical (unpaired) electrons. The van der Waals surface area contributed by atoms with Gasteiger partial charge >= 0.3 is 0 Å². The zero-order valence-corrected chi connectivity index (χ0v) is 11.4. The van der Waals surface area contributed by atoms with Crippen LogP contribution in [0.2, 0.25) is 5.02 Å². The van der Waals surface area contributed by atoms with Crippen LogP contribution in [-0.4, -0.2) is 0 Å². The largest absolute Gasteiger partial charge is 0.322 e. The zero-order chi connectivity index (χ0) is 12.4. The Bertz CT molecular complexity index is 350. The predicted molar refractivity (Wildman–Crippen MR) is 71.7 cm³/mol. The predicted octanol–water partition coefficient (Wildman–Crippen LogP) is 4.34. The third-order valence-corrected chi connectivity index (χ3v) is 3.11. The number of benzene rings is 1. The molecule has 1 aromatic carbocycles. The van der Waals surface area contributed by atoms with E-state index in [2.05, 4.69) is 33.8 Å². The van der Waals surface area contributed by atoms with Crippen molar-refractivity contribution in [1.29, 1.82) is 0 Å². The van der Waals surface area contributed by atoms with Crippen LogP contribution in [0, 0.1) is 5.41 Å². The van der Waals surface area contributed by atoms with Crippen molar-refractivity contribution < 1.29 is 0 Å². The quantitative estimate of drug-likeness (QED) is 0.834. The fraction of sp³-hybridized carbons (Fsp3) is 0.571. The van der Waals surface area contributed by atoms with Gasteiger partial charge in [0, 0.05) is 10.6 Å². The summed E-state index contributed by atoms with van der Waals surface area (Å²) >= 11 is 5.99. The fourth-order valence-corrected chi connectivity index (χ4v) is 1.81. The average molecular weight is 240 g/mol. The van der Waals surface area contributed by atoms with E-state index in [0.29, 0.717) is 5.41 Å². The van der Waals surface area contributed by atoms with Gasteiger partial charge in [0.25, 0.3) is 0 Å². The Hall–Kier alpha value is -0.530. The number of hydrogen-bond acceptors (Lipinski definition) is 1. The smallest absolute Gasteiger partial charge is 0.0409 e. The summed E-state index contributed by atoms with van der Waals surface area (Å²) in [4.78, 5) is 0. The summed E-state index contributed by atoms with van der Waals surface area (Å²) in [5.74, 6) is 0. The monoisotopic (exact) mass is 239 g/mol. The Morgan fingerprint density at radius 3 is 2.25 bits per heavy atom. The molecule has 1 nitrogen and oxygen atoms in total. The van der Waals surface area contributed by atoms with Gasteiger partial charge in [-0.3, -0.25) is 0 Å². The van der Waals surface area contributed by atoms with E-state index < -0.39 is 0 Å². The Morgan fingerprint density at radius 2 is 1.75 bits per heavy atom. The van der Waals surface area contributed by atoms with Crippen LogP contribution in [0.3, 0.4) is 0 Å². The van der Waals surface area contributed by atoms with Crippen LogP contribution in [0.25, 0.3) is 0 Å². The highest BCUT2D eigenvalue weighted by Gasteiger charge is 2.24. The van der Waals surface area contributed by atoms with Crippen molar-refractivity contribution in [3.05, 3.63) is 34.9 Å². The first-order chi connectivity index (χ1) is 7.21. The summed E-state index contributed by atoms with van der Waals surface area (Å²) in [5.41, 5.74) is 7.50. The topological polar surface area (TPSA) is 26.0 Å². The molecule has 0 heterocycles. The van der Waals surface area contributed by atoms with E-state index in [1.165, 1.54) is 0 Å². The van der Waals surface area contributed by atoms with Crippen LogP contribution >= 0.6 is 11.6 Å². The average Bonchev–Trinajstić information content (AvgIpc) is 2.14. The van der Waals surface area contributed by atoms with Crippen LogP contribution in [0.15, 0.2) is 24.3 Å². The van der Waals surface area contributed by atoms with Crippen molar-refractivity contribution in [2.24, 2.45) is 11.1 Å². The Morgan fingerprint density at radius 1 is 1.12 bits per heavy atom. The Balaban J connectivity index is 2.77. The van der Waals surface area contributed by atoms with Gasteiger partial charge in [-0.05, 0) is 42.9 Å². The van der Waals surface area contributed by atoms with Crippen molar-refractivity contribution in [3.8, 4) is 0 Å². The lowest BCUT2D eigenvalue weighted by Crippen LogP contribution is -2.34.